The number of nitrogen functional groups attached to an aromatic ring is 1. The van der Waals surface area contributed by atoms with Gasteiger partial charge in [-0.25, -0.2) is 0 Å². The largest absolute Gasteiger partial charge is 0.506 e. The molecule has 2 aromatic rings. The summed E-state index contributed by atoms with van der Waals surface area (Å²) in [5.41, 5.74) is 5.83. The summed E-state index contributed by atoms with van der Waals surface area (Å²) in [7, 11) is 0. The van der Waals surface area contributed by atoms with Crippen LogP contribution >= 0.6 is 0 Å². The Hall–Kier alpha value is -2.56. The number of aromatic hydroxyl groups is 1. The molecule has 0 atom stereocenters. The van der Waals surface area contributed by atoms with E-state index in [1.807, 2.05) is 0 Å². The minimum Gasteiger partial charge on any atom is -0.506 e. The summed E-state index contributed by atoms with van der Waals surface area (Å²) in [5.74, 6) is 0.146. The van der Waals surface area contributed by atoms with Crippen molar-refractivity contribution in [3.8, 4) is 5.75 Å². The molecule has 0 saturated heterocycles. The number of nitrogens with zero attached hydrogens (tertiary/aromatic N) is 1. The highest BCUT2D eigenvalue weighted by Crippen LogP contribution is 2.16. The second kappa shape index (κ2) is 6.12. The first kappa shape index (κ1) is 12.5. The molecule has 17 heavy (non-hydrogen) atoms. The van der Waals surface area contributed by atoms with Crippen LogP contribution in [0.1, 0.15) is 0 Å². The first-order valence-corrected chi connectivity index (χ1v) is 4.84. The van der Waals surface area contributed by atoms with Gasteiger partial charge in [-0.15, -0.1) is 0 Å². The van der Waals surface area contributed by atoms with Gasteiger partial charge < -0.3 is 10.8 Å². The molecule has 0 spiro atoms. The number of hydrogen-bond donors (Lipinski definition) is 2. The van der Waals surface area contributed by atoms with Crippen LogP contribution in [0.15, 0.2) is 54.6 Å². The number of benzene rings is 2. The predicted octanol–water partition coefficient (Wildman–Crippen LogP) is 2.57. The number of phenols is 1. The molecular formula is C12H12N2O3. The minimum absolute atomic E-state index is 0.137. The monoisotopic (exact) mass is 232 g/mol. The Balaban J connectivity index is 0.000000171. The summed E-state index contributed by atoms with van der Waals surface area (Å²) in [6.45, 7) is 0. The van der Waals surface area contributed by atoms with E-state index in [0.717, 1.165) is 0 Å². The Labute approximate surface area is 98.3 Å². The van der Waals surface area contributed by atoms with Gasteiger partial charge in [0.2, 0.25) is 0 Å². The molecule has 0 aromatic heterocycles. The molecule has 2 aromatic carbocycles. The molecule has 0 heterocycles. The number of nitrogens with two attached hydrogens (primary N) is 1. The highest BCUT2D eigenvalue weighted by atomic mass is 16.6. The van der Waals surface area contributed by atoms with E-state index in [1.165, 1.54) is 12.1 Å². The van der Waals surface area contributed by atoms with Gasteiger partial charge in [-0.2, -0.15) is 0 Å². The molecule has 0 bridgehead atoms. The molecule has 0 radical (unpaired) electrons. The fourth-order valence-corrected chi connectivity index (χ4v) is 1.04. The minimum atomic E-state index is -0.417. The van der Waals surface area contributed by atoms with Crippen molar-refractivity contribution < 1.29 is 10.0 Å². The standard InChI is InChI=1S/C6H5NO2.C6H7NO/c8-7(9)6-4-2-1-3-5-6;7-5-3-1-2-4-6(5)8/h1-5H;1-4,8H,7H2. The van der Waals surface area contributed by atoms with E-state index in [4.69, 9.17) is 10.8 Å². The Bertz CT molecular complexity index is 465. The van der Waals surface area contributed by atoms with Crippen molar-refractivity contribution in [1.82, 2.24) is 0 Å². The van der Waals surface area contributed by atoms with Crippen LogP contribution in [0.5, 0.6) is 5.75 Å². The molecule has 0 aliphatic carbocycles. The average molecular weight is 232 g/mol. The quantitative estimate of drug-likeness (QED) is 0.342. The van der Waals surface area contributed by atoms with Gasteiger partial charge in [-0.1, -0.05) is 30.3 Å². The zero-order valence-electron chi connectivity index (χ0n) is 8.98. The molecule has 0 fully saturated rings. The fourth-order valence-electron chi connectivity index (χ4n) is 1.04. The van der Waals surface area contributed by atoms with E-state index >= 15 is 0 Å². The van der Waals surface area contributed by atoms with Gasteiger partial charge in [-0.05, 0) is 12.1 Å². The van der Waals surface area contributed by atoms with Crippen LogP contribution in [0.25, 0.3) is 0 Å². The summed E-state index contributed by atoms with van der Waals surface area (Å²) >= 11 is 0. The smallest absolute Gasteiger partial charge is 0.269 e. The van der Waals surface area contributed by atoms with E-state index in [-0.39, 0.29) is 11.4 Å². The molecule has 3 N–H and O–H groups in total. The SMILES string of the molecule is Nc1ccccc1O.O=[N+]([O-])c1ccccc1. The first-order valence-electron chi connectivity index (χ1n) is 4.84. The summed E-state index contributed by atoms with van der Waals surface area (Å²) in [6, 6.07) is 14.6. The third kappa shape index (κ3) is 4.21. The van der Waals surface area contributed by atoms with Crippen molar-refractivity contribution in [2.45, 2.75) is 0 Å². The van der Waals surface area contributed by atoms with Crippen LogP contribution in [0, 0.1) is 10.1 Å². The number of anilines is 1. The van der Waals surface area contributed by atoms with Crippen molar-refractivity contribution in [1.29, 1.82) is 0 Å². The molecule has 0 unspecified atom stereocenters. The Morgan fingerprint density at radius 1 is 1.00 bits per heavy atom. The van der Waals surface area contributed by atoms with Gasteiger partial charge in [0, 0.05) is 12.1 Å². The maximum absolute atomic E-state index is 10.0. The number of nitro groups is 1. The highest BCUT2D eigenvalue weighted by molar-refractivity contribution is 5.50. The number of non-ortho nitro benzene ring substituents is 1. The topological polar surface area (TPSA) is 89.4 Å². The molecular weight excluding hydrogens is 220 g/mol. The predicted molar refractivity (Wildman–Crippen MR) is 65.6 cm³/mol. The third-order valence-electron chi connectivity index (χ3n) is 1.90. The summed E-state index contributed by atoms with van der Waals surface area (Å²) in [6.07, 6.45) is 0. The fraction of sp³-hybridized carbons (Fsp3) is 0. The average Bonchev–Trinajstić information content (AvgIpc) is 2.35. The van der Waals surface area contributed by atoms with Gasteiger partial charge in [0.25, 0.3) is 5.69 Å². The van der Waals surface area contributed by atoms with Crippen LogP contribution in [-0.4, -0.2) is 10.0 Å². The molecule has 0 aliphatic rings. The van der Waals surface area contributed by atoms with Crippen LogP contribution in [0.4, 0.5) is 11.4 Å². The van der Waals surface area contributed by atoms with E-state index < -0.39 is 4.92 Å². The summed E-state index contributed by atoms with van der Waals surface area (Å²) in [5, 5.41) is 18.8. The molecule has 88 valence electrons. The first-order chi connectivity index (χ1) is 8.11. The van der Waals surface area contributed by atoms with Crippen molar-refractivity contribution >= 4 is 11.4 Å². The Kier molecular flexibility index (Phi) is 4.50. The van der Waals surface area contributed by atoms with Gasteiger partial charge in [-0.3, -0.25) is 10.1 Å². The normalized spacial score (nSPS) is 8.94. The molecule has 0 saturated carbocycles. The highest BCUT2D eigenvalue weighted by Gasteiger charge is 1.98. The van der Waals surface area contributed by atoms with Crippen molar-refractivity contribution in [3.05, 3.63) is 64.7 Å². The van der Waals surface area contributed by atoms with E-state index in [1.54, 1.807) is 42.5 Å². The van der Waals surface area contributed by atoms with Gasteiger partial charge in [0.05, 0.1) is 10.6 Å². The van der Waals surface area contributed by atoms with Crippen LogP contribution < -0.4 is 5.73 Å². The number of nitro benzene ring substituents is 1. The maximum atomic E-state index is 10.0. The number of phenolic OH excluding ortho intramolecular Hbond substituents is 1. The van der Waals surface area contributed by atoms with Crippen molar-refractivity contribution in [2.75, 3.05) is 5.73 Å². The Morgan fingerprint density at radius 3 is 1.88 bits per heavy atom. The van der Waals surface area contributed by atoms with E-state index in [9.17, 15) is 10.1 Å². The van der Waals surface area contributed by atoms with Crippen molar-refractivity contribution in [2.24, 2.45) is 0 Å². The van der Waals surface area contributed by atoms with E-state index in [0.29, 0.717) is 5.69 Å². The molecule has 2 rings (SSSR count). The molecule has 0 aliphatic heterocycles. The summed E-state index contributed by atoms with van der Waals surface area (Å²) < 4.78 is 0. The lowest BCUT2D eigenvalue weighted by Gasteiger charge is -1.92. The van der Waals surface area contributed by atoms with Crippen molar-refractivity contribution in [3.63, 3.8) is 0 Å². The lowest BCUT2D eigenvalue weighted by atomic mass is 10.3. The second-order valence-corrected chi connectivity index (χ2v) is 3.15. The van der Waals surface area contributed by atoms with Gasteiger partial charge in [0.15, 0.2) is 0 Å². The molecule has 0 amide bonds. The number of rotatable bonds is 1. The van der Waals surface area contributed by atoms with Crippen LogP contribution in [-0.2, 0) is 0 Å². The lowest BCUT2D eigenvalue weighted by Crippen LogP contribution is -1.84. The van der Waals surface area contributed by atoms with Crippen LogP contribution in [0.3, 0.4) is 0 Å². The molecule has 5 nitrogen and oxygen atoms in total. The second-order valence-electron chi connectivity index (χ2n) is 3.15. The Morgan fingerprint density at radius 2 is 1.53 bits per heavy atom. The third-order valence-corrected chi connectivity index (χ3v) is 1.90. The zero-order valence-corrected chi connectivity index (χ0v) is 8.98. The maximum Gasteiger partial charge on any atom is 0.269 e. The van der Waals surface area contributed by atoms with Crippen LogP contribution in [0.2, 0.25) is 0 Å². The molecule has 5 heteroatoms. The number of hydrogen-bond acceptors (Lipinski definition) is 4. The van der Waals surface area contributed by atoms with Gasteiger partial charge >= 0.3 is 0 Å². The van der Waals surface area contributed by atoms with E-state index in [2.05, 4.69) is 0 Å². The lowest BCUT2D eigenvalue weighted by molar-refractivity contribution is -0.384. The summed E-state index contributed by atoms with van der Waals surface area (Å²) in [4.78, 5) is 9.59. The zero-order chi connectivity index (χ0) is 12.7. The number of para-hydroxylation sites is 3. The van der Waals surface area contributed by atoms with Gasteiger partial charge in [0.1, 0.15) is 5.75 Å².